The van der Waals surface area contributed by atoms with Crippen molar-refractivity contribution >= 4 is 23.5 Å². The molecule has 1 aromatic heterocycles. The van der Waals surface area contributed by atoms with Crippen molar-refractivity contribution in [3.05, 3.63) is 102 Å². The van der Waals surface area contributed by atoms with Gasteiger partial charge >= 0.3 is 5.97 Å². The van der Waals surface area contributed by atoms with Crippen molar-refractivity contribution in [1.82, 2.24) is 14.9 Å². The number of ether oxygens (including phenoxy) is 1. The molecule has 0 fully saturated rings. The first-order valence-electron chi connectivity index (χ1n) is 12.6. The Bertz CT molecular complexity index is 1520. The quantitative estimate of drug-likeness (QED) is 0.336. The standard InChI is InChI=1S/C31H28N4O4/c1-19(2)28(31(38)39-3)35-17-24-9-8-23(14-27(24)30(35)37)20-10-12-26(13-11-20)34-29(36)22-6-4-21(5-7-22)25-15-32-18-33-16-25/h4-16,18-19,28H,17H2,1-3H3,(H,34,36). The summed E-state index contributed by atoms with van der Waals surface area (Å²) in [7, 11) is 1.34. The minimum absolute atomic E-state index is 0.0747. The molecule has 8 nitrogen and oxygen atoms in total. The average Bonchev–Trinajstić information content (AvgIpc) is 3.28. The van der Waals surface area contributed by atoms with Gasteiger partial charge in [-0.15, -0.1) is 0 Å². The normalized spacial score (nSPS) is 13.2. The third kappa shape index (κ3) is 5.27. The van der Waals surface area contributed by atoms with Crippen molar-refractivity contribution < 1.29 is 19.1 Å². The fourth-order valence-corrected chi connectivity index (χ4v) is 4.82. The summed E-state index contributed by atoms with van der Waals surface area (Å²) in [5, 5.41) is 2.92. The molecular weight excluding hydrogens is 492 g/mol. The van der Waals surface area contributed by atoms with E-state index in [9.17, 15) is 14.4 Å². The van der Waals surface area contributed by atoms with Crippen LogP contribution in [0.2, 0.25) is 0 Å². The van der Waals surface area contributed by atoms with Crippen LogP contribution in [0.1, 0.15) is 40.1 Å². The van der Waals surface area contributed by atoms with Crippen LogP contribution >= 0.6 is 0 Å². The fourth-order valence-electron chi connectivity index (χ4n) is 4.82. The number of nitrogens with one attached hydrogen (secondary N) is 1. The second kappa shape index (κ2) is 10.9. The molecule has 0 saturated carbocycles. The summed E-state index contributed by atoms with van der Waals surface area (Å²) in [4.78, 5) is 48.0. The summed E-state index contributed by atoms with van der Waals surface area (Å²) in [6.07, 6.45) is 4.92. The van der Waals surface area contributed by atoms with Crippen LogP contribution in [0.4, 0.5) is 5.69 Å². The number of carbonyl (C=O) groups is 3. The van der Waals surface area contributed by atoms with E-state index in [0.29, 0.717) is 23.4 Å². The number of benzene rings is 3. The molecule has 2 heterocycles. The summed E-state index contributed by atoms with van der Waals surface area (Å²) in [5.41, 5.74) is 6.25. The van der Waals surface area contributed by atoms with Crippen molar-refractivity contribution in [1.29, 1.82) is 0 Å². The van der Waals surface area contributed by atoms with Crippen LogP contribution in [0.3, 0.4) is 0 Å². The predicted molar refractivity (Wildman–Crippen MR) is 148 cm³/mol. The molecule has 0 saturated heterocycles. The van der Waals surface area contributed by atoms with Crippen LogP contribution in [0, 0.1) is 5.92 Å². The van der Waals surface area contributed by atoms with Gasteiger partial charge in [0.2, 0.25) is 0 Å². The minimum atomic E-state index is -0.634. The zero-order chi connectivity index (χ0) is 27.5. The first-order chi connectivity index (χ1) is 18.9. The highest BCUT2D eigenvalue weighted by Crippen LogP contribution is 2.32. The number of amides is 2. The number of fused-ring (bicyclic) bond motifs is 1. The van der Waals surface area contributed by atoms with Crippen molar-refractivity contribution in [2.75, 3.05) is 12.4 Å². The number of nitrogens with zero attached hydrogens (tertiary/aromatic N) is 3. The van der Waals surface area contributed by atoms with Gasteiger partial charge in [-0.3, -0.25) is 9.59 Å². The zero-order valence-electron chi connectivity index (χ0n) is 21.9. The summed E-state index contributed by atoms with van der Waals surface area (Å²) in [5.74, 6) is -0.877. The van der Waals surface area contributed by atoms with Gasteiger partial charge < -0.3 is 15.0 Å². The number of methoxy groups -OCH3 is 1. The summed E-state index contributed by atoms with van der Waals surface area (Å²) in [6, 6.07) is 19.8. The van der Waals surface area contributed by atoms with Gasteiger partial charge in [0.05, 0.1) is 7.11 Å². The molecule has 3 aromatic carbocycles. The lowest BCUT2D eigenvalue weighted by molar-refractivity contribution is -0.147. The van der Waals surface area contributed by atoms with Gasteiger partial charge in [-0.05, 0) is 58.5 Å². The maximum absolute atomic E-state index is 13.2. The van der Waals surface area contributed by atoms with Crippen LogP contribution in [0.25, 0.3) is 22.3 Å². The van der Waals surface area contributed by atoms with E-state index in [1.54, 1.807) is 29.4 Å². The molecule has 5 rings (SSSR count). The van der Waals surface area contributed by atoms with Gasteiger partial charge in [0.15, 0.2) is 0 Å². The topological polar surface area (TPSA) is 101 Å². The molecule has 1 unspecified atom stereocenters. The number of esters is 1. The van der Waals surface area contributed by atoms with Gasteiger partial charge in [-0.2, -0.15) is 0 Å². The summed E-state index contributed by atoms with van der Waals surface area (Å²) >= 11 is 0. The van der Waals surface area contributed by atoms with Crippen LogP contribution in [-0.2, 0) is 16.1 Å². The molecule has 8 heteroatoms. The Hall–Kier alpha value is -4.85. The van der Waals surface area contributed by atoms with Crippen molar-refractivity contribution in [3.8, 4) is 22.3 Å². The lowest BCUT2D eigenvalue weighted by Gasteiger charge is -2.28. The molecule has 1 aliphatic rings. The molecule has 4 aromatic rings. The molecule has 1 aliphatic heterocycles. The maximum Gasteiger partial charge on any atom is 0.328 e. The number of aromatic nitrogens is 2. The van der Waals surface area contributed by atoms with E-state index < -0.39 is 12.0 Å². The number of hydrogen-bond acceptors (Lipinski definition) is 6. The molecule has 1 atom stereocenters. The molecule has 196 valence electrons. The van der Waals surface area contributed by atoms with Gasteiger partial charge in [0.25, 0.3) is 11.8 Å². The molecule has 2 amide bonds. The van der Waals surface area contributed by atoms with E-state index in [0.717, 1.165) is 27.8 Å². The van der Waals surface area contributed by atoms with E-state index in [1.165, 1.54) is 13.4 Å². The summed E-state index contributed by atoms with van der Waals surface area (Å²) < 4.78 is 4.95. The van der Waals surface area contributed by atoms with E-state index in [2.05, 4.69) is 15.3 Å². The maximum atomic E-state index is 13.2. The van der Waals surface area contributed by atoms with Crippen LogP contribution in [0.5, 0.6) is 0 Å². The highest BCUT2D eigenvalue weighted by Gasteiger charge is 2.38. The Labute approximate surface area is 226 Å². The smallest absolute Gasteiger partial charge is 0.328 e. The van der Waals surface area contributed by atoms with Crippen molar-refractivity contribution in [2.24, 2.45) is 5.92 Å². The second-order valence-corrected chi connectivity index (χ2v) is 9.75. The van der Waals surface area contributed by atoms with E-state index in [4.69, 9.17) is 4.74 Å². The lowest BCUT2D eigenvalue weighted by Crippen LogP contribution is -2.45. The summed E-state index contributed by atoms with van der Waals surface area (Å²) in [6.45, 7) is 4.18. The van der Waals surface area contributed by atoms with Gasteiger partial charge in [0, 0.05) is 41.3 Å². The van der Waals surface area contributed by atoms with Crippen molar-refractivity contribution in [2.45, 2.75) is 26.4 Å². The van der Waals surface area contributed by atoms with Gasteiger partial charge in [-0.25, -0.2) is 14.8 Å². The SMILES string of the molecule is COC(=O)C(C(C)C)N1Cc2ccc(-c3ccc(NC(=O)c4ccc(-c5cncnc5)cc4)cc3)cc2C1=O. The zero-order valence-corrected chi connectivity index (χ0v) is 21.9. The fraction of sp³-hybridized carbons (Fsp3) is 0.194. The Kier molecular flexibility index (Phi) is 7.19. The third-order valence-electron chi connectivity index (χ3n) is 6.87. The highest BCUT2D eigenvalue weighted by molar-refractivity contribution is 6.05. The van der Waals surface area contributed by atoms with E-state index in [1.807, 2.05) is 68.4 Å². The largest absolute Gasteiger partial charge is 0.467 e. The molecular formula is C31H28N4O4. The molecule has 0 spiro atoms. The van der Waals surface area contributed by atoms with Crippen LogP contribution in [-0.4, -0.2) is 45.8 Å². The number of rotatable bonds is 7. The van der Waals surface area contributed by atoms with E-state index in [-0.39, 0.29) is 17.7 Å². The first kappa shape index (κ1) is 25.8. The molecule has 0 bridgehead atoms. The molecule has 0 aliphatic carbocycles. The van der Waals surface area contributed by atoms with Gasteiger partial charge in [-0.1, -0.05) is 50.2 Å². The molecule has 39 heavy (non-hydrogen) atoms. The Morgan fingerprint density at radius 1 is 0.872 bits per heavy atom. The Morgan fingerprint density at radius 3 is 2.13 bits per heavy atom. The highest BCUT2D eigenvalue weighted by atomic mass is 16.5. The average molecular weight is 521 g/mol. The van der Waals surface area contributed by atoms with Crippen LogP contribution in [0.15, 0.2) is 85.5 Å². The first-order valence-corrected chi connectivity index (χ1v) is 12.6. The monoisotopic (exact) mass is 520 g/mol. The predicted octanol–water partition coefficient (Wildman–Crippen LogP) is 5.22. The number of hydrogen-bond donors (Lipinski definition) is 1. The second-order valence-electron chi connectivity index (χ2n) is 9.75. The molecule has 0 radical (unpaired) electrons. The van der Waals surface area contributed by atoms with Gasteiger partial charge in [0.1, 0.15) is 12.4 Å². The molecule has 1 N–H and O–H groups in total. The van der Waals surface area contributed by atoms with E-state index >= 15 is 0 Å². The number of carbonyl (C=O) groups excluding carboxylic acids is 3. The Balaban J connectivity index is 1.28. The van der Waals surface area contributed by atoms with Crippen molar-refractivity contribution in [3.63, 3.8) is 0 Å². The third-order valence-corrected chi connectivity index (χ3v) is 6.87. The lowest BCUT2D eigenvalue weighted by atomic mass is 10.00. The van der Waals surface area contributed by atoms with Crippen LogP contribution < -0.4 is 5.32 Å². The Morgan fingerprint density at radius 2 is 1.49 bits per heavy atom. The number of anilines is 1. The minimum Gasteiger partial charge on any atom is -0.467 e.